The zero-order valence-corrected chi connectivity index (χ0v) is 11.1. The minimum atomic E-state index is -0.816. The maximum atomic E-state index is 10.6. The van der Waals surface area contributed by atoms with Gasteiger partial charge in [-0.1, -0.05) is 25.1 Å². The molecule has 2 rings (SSSR count). The van der Waals surface area contributed by atoms with Crippen molar-refractivity contribution in [1.82, 2.24) is 4.98 Å². The van der Waals surface area contributed by atoms with Gasteiger partial charge in [0.1, 0.15) is 5.82 Å². The number of carbonyl (C=O) groups is 1. The third-order valence-electron chi connectivity index (χ3n) is 2.99. The highest BCUT2D eigenvalue weighted by Crippen LogP contribution is 2.20. The number of pyridine rings is 1. The molecule has 0 aliphatic rings. The van der Waals surface area contributed by atoms with Crippen LogP contribution in [0, 0.1) is 17.2 Å². The molecule has 2 N–H and O–H groups in total. The van der Waals surface area contributed by atoms with E-state index < -0.39 is 5.97 Å². The van der Waals surface area contributed by atoms with Gasteiger partial charge >= 0.3 is 5.97 Å². The van der Waals surface area contributed by atoms with Gasteiger partial charge in [-0.3, -0.25) is 4.79 Å². The van der Waals surface area contributed by atoms with E-state index in [9.17, 15) is 10.1 Å². The Morgan fingerprint density at radius 3 is 2.95 bits per heavy atom. The number of carboxylic acid groups (broad SMARTS) is 1. The van der Waals surface area contributed by atoms with Gasteiger partial charge in [-0.2, -0.15) is 5.26 Å². The standard InChI is InChI=1S/C15H15N3O2/c1-10(6-15(19)20)9-17-14-7-11(8-16)12-4-2-3-5-13(12)18-14/h2-5,7,10H,6,9H2,1H3,(H,17,18)(H,19,20). The Hall–Kier alpha value is -2.61. The van der Waals surface area contributed by atoms with Crippen LogP contribution in [0.2, 0.25) is 0 Å². The van der Waals surface area contributed by atoms with Crippen LogP contribution >= 0.6 is 0 Å². The summed E-state index contributed by atoms with van der Waals surface area (Å²) < 4.78 is 0. The van der Waals surface area contributed by atoms with Crippen molar-refractivity contribution in [2.24, 2.45) is 5.92 Å². The number of anilines is 1. The Kier molecular flexibility index (Phi) is 4.16. The SMILES string of the molecule is CC(CNc1cc(C#N)c2ccccc2n1)CC(=O)O. The van der Waals surface area contributed by atoms with Gasteiger partial charge in [-0.15, -0.1) is 0 Å². The lowest BCUT2D eigenvalue weighted by atomic mass is 10.1. The Balaban J connectivity index is 2.19. The number of nitrogens with zero attached hydrogens (tertiary/aromatic N) is 2. The summed E-state index contributed by atoms with van der Waals surface area (Å²) in [5, 5.41) is 21.8. The number of rotatable bonds is 5. The van der Waals surface area contributed by atoms with Gasteiger partial charge < -0.3 is 10.4 Å². The van der Waals surface area contributed by atoms with Crippen molar-refractivity contribution in [1.29, 1.82) is 5.26 Å². The second-order valence-electron chi connectivity index (χ2n) is 4.77. The molecule has 0 aliphatic carbocycles. The van der Waals surface area contributed by atoms with Crippen LogP contribution < -0.4 is 5.32 Å². The first-order valence-electron chi connectivity index (χ1n) is 6.35. The van der Waals surface area contributed by atoms with Crippen LogP contribution in [0.5, 0.6) is 0 Å². The molecule has 0 spiro atoms. The second kappa shape index (κ2) is 6.02. The van der Waals surface area contributed by atoms with Crippen molar-refractivity contribution >= 4 is 22.7 Å². The van der Waals surface area contributed by atoms with Crippen LogP contribution in [0.4, 0.5) is 5.82 Å². The fourth-order valence-electron chi connectivity index (χ4n) is 2.01. The van der Waals surface area contributed by atoms with Gasteiger partial charge in [0.05, 0.1) is 17.1 Å². The molecule has 5 nitrogen and oxygen atoms in total. The predicted octanol–water partition coefficient (Wildman–Crippen LogP) is 2.63. The first kappa shape index (κ1) is 13.8. The molecule has 20 heavy (non-hydrogen) atoms. The summed E-state index contributed by atoms with van der Waals surface area (Å²) >= 11 is 0. The Labute approximate surface area is 116 Å². The van der Waals surface area contributed by atoms with E-state index in [4.69, 9.17) is 5.11 Å². The summed E-state index contributed by atoms with van der Waals surface area (Å²) in [6.45, 7) is 2.36. The zero-order valence-electron chi connectivity index (χ0n) is 11.1. The van der Waals surface area contributed by atoms with Gasteiger partial charge in [0.15, 0.2) is 0 Å². The molecule has 0 fully saturated rings. The van der Waals surface area contributed by atoms with E-state index in [1.807, 2.05) is 31.2 Å². The van der Waals surface area contributed by atoms with Crippen molar-refractivity contribution in [3.63, 3.8) is 0 Å². The van der Waals surface area contributed by atoms with Crippen molar-refractivity contribution in [2.75, 3.05) is 11.9 Å². The maximum absolute atomic E-state index is 10.6. The smallest absolute Gasteiger partial charge is 0.303 e. The van der Waals surface area contributed by atoms with Gasteiger partial charge in [0, 0.05) is 18.4 Å². The lowest BCUT2D eigenvalue weighted by Gasteiger charge is -2.12. The number of fused-ring (bicyclic) bond motifs is 1. The molecular weight excluding hydrogens is 254 g/mol. The minimum absolute atomic E-state index is 0.00805. The molecule has 1 heterocycles. The molecule has 5 heteroatoms. The number of carboxylic acids is 1. The monoisotopic (exact) mass is 269 g/mol. The lowest BCUT2D eigenvalue weighted by molar-refractivity contribution is -0.137. The molecule has 0 aliphatic heterocycles. The van der Waals surface area contributed by atoms with Crippen molar-refractivity contribution < 1.29 is 9.90 Å². The van der Waals surface area contributed by atoms with Crippen LogP contribution in [0.25, 0.3) is 10.9 Å². The molecule has 1 aromatic carbocycles. The number of aromatic nitrogens is 1. The minimum Gasteiger partial charge on any atom is -0.481 e. The summed E-state index contributed by atoms with van der Waals surface area (Å²) in [5.41, 5.74) is 1.31. The van der Waals surface area contributed by atoms with E-state index in [2.05, 4.69) is 16.4 Å². The first-order chi connectivity index (χ1) is 9.60. The molecule has 1 unspecified atom stereocenters. The van der Waals surface area contributed by atoms with Gasteiger partial charge in [-0.05, 0) is 18.1 Å². The van der Waals surface area contributed by atoms with Crippen LogP contribution in [0.3, 0.4) is 0 Å². The van der Waals surface area contributed by atoms with E-state index in [-0.39, 0.29) is 12.3 Å². The number of hydrogen-bond acceptors (Lipinski definition) is 4. The zero-order chi connectivity index (χ0) is 14.5. The van der Waals surface area contributed by atoms with Gasteiger partial charge in [0.25, 0.3) is 0 Å². The number of aliphatic carboxylic acids is 1. The van der Waals surface area contributed by atoms with Gasteiger partial charge in [-0.25, -0.2) is 4.98 Å². The van der Waals surface area contributed by atoms with Crippen molar-refractivity contribution in [3.8, 4) is 6.07 Å². The highest BCUT2D eigenvalue weighted by molar-refractivity contribution is 5.86. The summed E-state index contributed by atoms with van der Waals surface area (Å²) in [4.78, 5) is 15.0. The lowest BCUT2D eigenvalue weighted by Crippen LogP contribution is -2.15. The van der Waals surface area contributed by atoms with E-state index in [1.165, 1.54) is 0 Å². The third-order valence-corrected chi connectivity index (χ3v) is 2.99. The Morgan fingerprint density at radius 1 is 1.50 bits per heavy atom. The maximum Gasteiger partial charge on any atom is 0.303 e. The highest BCUT2D eigenvalue weighted by Gasteiger charge is 2.09. The largest absolute Gasteiger partial charge is 0.481 e. The van der Waals surface area contributed by atoms with Gasteiger partial charge in [0.2, 0.25) is 0 Å². The Bertz CT molecular complexity index is 676. The summed E-state index contributed by atoms with van der Waals surface area (Å²) in [6.07, 6.45) is 0.103. The molecular formula is C15H15N3O2. The second-order valence-corrected chi connectivity index (χ2v) is 4.77. The quantitative estimate of drug-likeness (QED) is 0.871. The third kappa shape index (κ3) is 3.23. The van der Waals surface area contributed by atoms with Crippen molar-refractivity contribution in [3.05, 3.63) is 35.9 Å². The van der Waals surface area contributed by atoms with Crippen LogP contribution in [-0.4, -0.2) is 22.6 Å². The molecule has 0 saturated carbocycles. The van der Waals surface area contributed by atoms with E-state index >= 15 is 0 Å². The van der Waals surface area contributed by atoms with Crippen LogP contribution in [-0.2, 0) is 4.79 Å². The molecule has 0 bridgehead atoms. The molecule has 1 atom stereocenters. The van der Waals surface area contributed by atoms with E-state index in [0.29, 0.717) is 17.9 Å². The average molecular weight is 269 g/mol. The van der Waals surface area contributed by atoms with E-state index in [1.54, 1.807) is 6.07 Å². The molecule has 102 valence electrons. The Morgan fingerprint density at radius 2 is 2.25 bits per heavy atom. The van der Waals surface area contributed by atoms with Crippen LogP contribution in [0.15, 0.2) is 30.3 Å². The highest BCUT2D eigenvalue weighted by atomic mass is 16.4. The van der Waals surface area contributed by atoms with Crippen molar-refractivity contribution in [2.45, 2.75) is 13.3 Å². The molecule has 0 amide bonds. The predicted molar refractivity (Wildman–Crippen MR) is 76.4 cm³/mol. The van der Waals surface area contributed by atoms with Crippen LogP contribution in [0.1, 0.15) is 18.9 Å². The summed E-state index contributed by atoms with van der Waals surface area (Å²) in [6, 6.07) is 11.3. The number of nitriles is 1. The van der Waals surface area contributed by atoms with E-state index in [0.717, 1.165) is 10.9 Å². The topological polar surface area (TPSA) is 86.0 Å². The molecule has 0 radical (unpaired) electrons. The fourth-order valence-corrected chi connectivity index (χ4v) is 2.01. The number of benzene rings is 1. The fraction of sp³-hybridized carbons (Fsp3) is 0.267. The summed E-state index contributed by atoms with van der Waals surface area (Å²) in [7, 11) is 0. The molecule has 0 saturated heterocycles. The molecule has 2 aromatic rings. The first-order valence-corrected chi connectivity index (χ1v) is 6.35. The number of nitrogens with one attached hydrogen (secondary N) is 1. The summed E-state index contributed by atoms with van der Waals surface area (Å²) in [5.74, 6) is -0.229. The molecule has 1 aromatic heterocycles. The number of hydrogen-bond donors (Lipinski definition) is 2. The average Bonchev–Trinajstić information content (AvgIpc) is 2.43. The number of para-hydroxylation sites is 1. The normalized spacial score (nSPS) is 11.8.